The van der Waals surface area contributed by atoms with Crippen LogP contribution in [0.4, 0.5) is 0 Å². The minimum absolute atomic E-state index is 0.0619. The van der Waals surface area contributed by atoms with Gasteiger partial charge in [0.25, 0.3) is 0 Å². The van der Waals surface area contributed by atoms with Crippen LogP contribution >= 0.6 is 0 Å². The lowest BCUT2D eigenvalue weighted by molar-refractivity contribution is 0.277. The Bertz CT molecular complexity index is 497. The second kappa shape index (κ2) is 7.75. The van der Waals surface area contributed by atoms with Crippen molar-refractivity contribution in [1.29, 1.82) is 0 Å². The number of hydrogen-bond donors (Lipinski definition) is 2. The van der Waals surface area contributed by atoms with E-state index in [1.807, 2.05) is 6.92 Å². The average Bonchev–Trinajstić information content (AvgIpc) is 2.83. The number of aromatic nitrogens is 2. The highest BCUT2D eigenvalue weighted by atomic mass is 32.2. The molecule has 0 radical (unpaired) electrons. The summed E-state index contributed by atoms with van der Waals surface area (Å²) in [5.41, 5.74) is 0. The molecule has 0 spiro atoms. The van der Waals surface area contributed by atoms with Crippen LogP contribution in [-0.2, 0) is 16.6 Å². The molecule has 1 unspecified atom stereocenters. The maximum atomic E-state index is 12.2. The van der Waals surface area contributed by atoms with E-state index in [1.165, 1.54) is 17.1 Å². The molecular formula is C13H25N3O3S. The summed E-state index contributed by atoms with van der Waals surface area (Å²) in [6.07, 6.45) is 5.19. The first-order chi connectivity index (χ1) is 9.35. The Morgan fingerprint density at radius 3 is 2.65 bits per heavy atom. The summed E-state index contributed by atoms with van der Waals surface area (Å²) in [4.78, 5) is 0.173. The van der Waals surface area contributed by atoms with E-state index in [1.54, 1.807) is 0 Å². The van der Waals surface area contributed by atoms with E-state index in [2.05, 4.69) is 23.7 Å². The summed E-state index contributed by atoms with van der Waals surface area (Å²) in [6, 6.07) is -0.0943. The molecule has 0 aliphatic rings. The van der Waals surface area contributed by atoms with Crippen molar-refractivity contribution in [3.63, 3.8) is 0 Å². The van der Waals surface area contributed by atoms with Gasteiger partial charge in [0, 0.05) is 25.4 Å². The predicted molar refractivity (Wildman–Crippen MR) is 77.8 cm³/mol. The van der Waals surface area contributed by atoms with E-state index < -0.39 is 10.0 Å². The zero-order chi connectivity index (χ0) is 15.2. The standard InChI is InChI=1S/C13H25N3O3S/c1-11(2)5-6-12(3)15-20(18,19)13-9-14-16(10-13)7-4-8-17/h9-12,15,17H,4-8H2,1-3H3. The van der Waals surface area contributed by atoms with Gasteiger partial charge in [-0.25, -0.2) is 13.1 Å². The lowest BCUT2D eigenvalue weighted by atomic mass is 10.1. The molecule has 1 atom stereocenters. The molecule has 20 heavy (non-hydrogen) atoms. The lowest BCUT2D eigenvalue weighted by Crippen LogP contribution is -2.32. The molecular weight excluding hydrogens is 278 g/mol. The second-order valence-electron chi connectivity index (χ2n) is 5.51. The van der Waals surface area contributed by atoms with Gasteiger partial charge in [-0.05, 0) is 32.1 Å². The Kier molecular flexibility index (Phi) is 6.64. The zero-order valence-corrected chi connectivity index (χ0v) is 13.2. The van der Waals surface area contributed by atoms with Crippen molar-refractivity contribution >= 4 is 10.0 Å². The van der Waals surface area contributed by atoms with Gasteiger partial charge in [0.05, 0.1) is 6.20 Å². The lowest BCUT2D eigenvalue weighted by Gasteiger charge is -2.14. The zero-order valence-electron chi connectivity index (χ0n) is 12.4. The van der Waals surface area contributed by atoms with Crippen molar-refractivity contribution in [1.82, 2.24) is 14.5 Å². The molecule has 116 valence electrons. The molecule has 0 saturated carbocycles. The Morgan fingerprint density at radius 1 is 1.35 bits per heavy atom. The van der Waals surface area contributed by atoms with Gasteiger partial charge in [0.2, 0.25) is 10.0 Å². The van der Waals surface area contributed by atoms with Crippen LogP contribution in [0.15, 0.2) is 17.3 Å². The molecule has 0 aromatic carbocycles. The molecule has 1 aromatic heterocycles. The SMILES string of the molecule is CC(C)CCC(C)NS(=O)(=O)c1cnn(CCCO)c1. The molecule has 1 rings (SSSR count). The number of sulfonamides is 1. The molecule has 6 nitrogen and oxygen atoms in total. The van der Waals surface area contributed by atoms with Crippen molar-refractivity contribution in [3.05, 3.63) is 12.4 Å². The summed E-state index contributed by atoms with van der Waals surface area (Å²) in [5, 5.41) is 12.7. The normalized spacial score (nSPS) is 13.8. The van der Waals surface area contributed by atoms with E-state index in [9.17, 15) is 8.42 Å². The Labute approximate surface area is 121 Å². The van der Waals surface area contributed by atoms with Crippen LogP contribution in [0.5, 0.6) is 0 Å². The van der Waals surface area contributed by atoms with Gasteiger partial charge in [-0.2, -0.15) is 5.10 Å². The predicted octanol–water partition coefficient (Wildman–Crippen LogP) is 1.37. The van der Waals surface area contributed by atoms with Crippen molar-refractivity contribution in [2.45, 2.75) is 57.5 Å². The van der Waals surface area contributed by atoms with Crippen molar-refractivity contribution in [2.75, 3.05) is 6.61 Å². The Morgan fingerprint density at radius 2 is 2.05 bits per heavy atom. The van der Waals surface area contributed by atoms with Crippen LogP contribution in [0, 0.1) is 5.92 Å². The summed E-state index contributed by atoms with van der Waals surface area (Å²) in [5.74, 6) is 0.559. The fourth-order valence-corrected chi connectivity index (χ4v) is 3.04. The van der Waals surface area contributed by atoms with Gasteiger partial charge in [-0.3, -0.25) is 4.68 Å². The molecule has 0 amide bonds. The third-order valence-corrected chi connectivity index (χ3v) is 4.54. The van der Waals surface area contributed by atoms with Gasteiger partial charge < -0.3 is 5.11 Å². The molecule has 0 aliphatic carbocycles. The monoisotopic (exact) mass is 303 g/mol. The van der Waals surface area contributed by atoms with Crippen LogP contribution < -0.4 is 4.72 Å². The summed E-state index contributed by atoms with van der Waals surface area (Å²) >= 11 is 0. The first-order valence-corrected chi connectivity index (χ1v) is 8.49. The fourth-order valence-electron chi connectivity index (χ4n) is 1.81. The van der Waals surface area contributed by atoms with E-state index in [0.29, 0.717) is 18.9 Å². The molecule has 0 saturated heterocycles. The summed E-state index contributed by atoms with van der Waals surface area (Å²) in [7, 11) is -3.51. The Hall–Kier alpha value is -0.920. The molecule has 1 heterocycles. The minimum Gasteiger partial charge on any atom is -0.396 e. The van der Waals surface area contributed by atoms with Crippen LogP contribution in [0.2, 0.25) is 0 Å². The molecule has 7 heteroatoms. The third kappa shape index (κ3) is 5.60. The molecule has 0 bridgehead atoms. The number of aliphatic hydroxyl groups is 1. The van der Waals surface area contributed by atoms with E-state index in [-0.39, 0.29) is 17.5 Å². The quantitative estimate of drug-likeness (QED) is 0.721. The van der Waals surface area contributed by atoms with Gasteiger partial charge in [0.15, 0.2) is 0 Å². The van der Waals surface area contributed by atoms with Crippen LogP contribution in [-0.4, -0.2) is 36.0 Å². The summed E-state index contributed by atoms with van der Waals surface area (Å²) < 4.78 is 28.5. The molecule has 1 aromatic rings. The number of nitrogens with zero attached hydrogens (tertiary/aromatic N) is 2. The van der Waals surface area contributed by atoms with E-state index >= 15 is 0 Å². The molecule has 2 N–H and O–H groups in total. The van der Waals surface area contributed by atoms with Crippen LogP contribution in [0.1, 0.15) is 40.0 Å². The van der Waals surface area contributed by atoms with E-state index in [4.69, 9.17) is 5.11 Å². The summed E-state index contributed by atoms with van der Waals surface area (Å²) in [6.45, 7) is 6.68. The van der Waals surface area contributed by atoms with Crippen molar-refractivity contribution < 1.29 is 13.5 Å². The maximum Gasteiger partial charge on any atom is 0.243 e. The van der Waals surface area contributed by atoms with Gasteiger partial charge in [-0.15, -0.1) is 0 Å². The number of rotatable bonds is 9. The topological polar surface area (TPSA) is 84.2 Å². The fraction of sp³-hybridized carbons (Fsp3) is 0.769. The van der Waals surface area contributed by atoms with Gasteiger partial charge in [-0.1, -0.05) is 13.8 Å². The highest BCUT2D eigenvalue weighted by Gasteiger charge is 2.19. The Balaban J connectivity index is 2.61. The average molecular weight is 303 g/mol. The largest absolute Gasteiger partial charge is 0.396 e. The smallest absolute Gasteiger partial charge is 0.243 e. The van der Waals surface area contributed by atoms with Crippen molar-refractivity contribution in [2.24, 2.45) is 5.92 Å². The first kappa shape index (κ1) is 17.1. The number of hydrogen-bond acceptors (Lipinski definition) is 4. The van der Waals surface area contributed by atoms with Gasteiger partial charge >= 0.3 is 0 Å². The third-order valence-electron chi connectivity index (χ3n) is 3.00. The number of nitrogens with one attached hydrogen (secondary N) is 1. The maximum absolute atomic E-state index is 12.2. The number of aliphatic hydroxyl groups excluding tert-OH is 1. The van der Waals surface area contributed by atoms with E-state index in [0.717, 1.165) is 12.8 Å². The first-order valence-electron chi connectivity index (χ1n) is 7.01. The molecule has 0 fully saturated rings. The highest BCUT2D eigenvalue weighted by molar-refractivity contribution is 7.89. The highest BCUT2D eigenvalue weighted by Crippen LogP contribution is 2.11. The van der Waals surface area contributed by atoms with Crippen molar-refractivity contribution in [3.8, 4) is 0 Å². The van der Waals surface area contributed by atoms with Crippen LogP contribution in [0.3, 0.4) is 0 Å². The number of aryl methyl sites for hydroxylation is 1. The second-order valence-corrected chi connectivity index (χ2v) is 7.22. The van der Waals surface area contributed by atoms with Crippen LogP contribution in [0.25, 0.3) is 0 Å². The van der Waals surface area contributed by atoms with Gasteiger partial charge in [0.1, 0.15) is 4.90 Å². The molecule has 0 aliphatic heterocycles. The minimum atomic E-state index is -3.51.